The third kappa shape index (κ3) is 3.08. The van der Waals surface area contributed by atoms with E-state index in [4.69, 9.17) is 9.47 Å². The van der Waals surface area contributed by atoms with Crippen LogP contribution in [0.25, 0.3) is 0 Å². The summed E-state index contributed by atoms with van der Waals surface area (Å²) < 4.78 is 11.0. The van der Waals surface area contributed by atoms with E-state index in [9.17, 15) is 4.79 Å². The number of carbonyl (C=O) groups is 1. The molecule has 0 amide bonds. The molecule has 0 spiro atoms. The zero-order valence-corrected chi connectivity index (χ0v) is 10.5. The number of carbonyl (C=O) groups excluding carboxylic acids is 1. The molecule has 2 atom stereocenters. The molecule has 0 N–H and O–H groups in total. The number of hydrogen-bond donors (Lipinski definition) is 0. The van der Waals surface area contributed by atoms with Gasteiger partial charge in [-0.2, -0.15) is 0 Å². The van der Waals surface area contributed by atoms with Gasteiger partial charge in [0.1, 0.15) is 5.60 Å². The Bertz CT molecular complexity index is 272. The highest BCUT2D eigenvalue weighted by Crippen LogP contribution is 2.38. The maximum Gasteiger partial charge on any atom is 0.333 e. The molecule has 1 saturated carbocycles. The van der Waals surface area contributed by atoms with E-state index in [1.807, 2.05) is 0 Å². The van der Waals surface area contributed by atoms with Crippen molar-refractivity contribution < 1.29 is 14.3 Å². The fraction of sp³-hybridized carbons (Fsp3) is 0.769. The standard InChI is InChI=1S/C13H22O3/c1-5-7-13(16-12(14)10(2)3)8-6-11(9-13)15-4/h11H,2,5-9H2,1,3-4H3. The molecule has 0 aromatic carbocycles. The topological polar surface area (TPSA) is 35.5 Å². The Balaban J connectivity index is 2.67. The summed E-state index contributed by atoms with van der Waals surface area (Å²) in [6.45, 7) is 7.41. The molecule has 16 heavy (non-hydrogen) atoms. The van der Waals surface area contributed by atoms with Crippen molar-refractivity contribution in [2.75, 3.05) is 7.11 Å². The van der Waals surface area contributed by atoms with Crippen molar-refractivity contribution in [2.24, 2.45) is 0 Å². The molecule has 1 aliphatic carbocycles. The Hall–Kier alpha value is -0.830. The van der Waals surface area contributed by atoms with Crippen LogP contribution in [0.2, 0.25) is 0 Å². The molecule has 2 unspecified atom stereocenters. The lowest BCUT2D eigenvalue weighted by molar-refractivity contribution is -0.155. The molecular weight excluding hydrogens is 204 g/mol. The van der Waals surface area contributed by atoms with E-state index >= 15 is 0 Å². The number of ether oxygens (including phenoxy) is 2. The van der Waals surface area contributed by atoms with Crippen LogP contribution in [-0.2, 0) is 14.3 Å². The van der Waals surface area contributed by atoms with E-state index < -0.39 is 0 Å². The van der Waals surface area contributed by atoms with Gasteiger partial charge in [-0.1, -0.05) is 19.9 Å². The zero-order chi connectivity index (χ0) is 12.2. The van der Waals surface area contributed by atoms with Crippen LogP contribution in [0.5, 0.6) is 0 Å². The highest BCUT2D eigenvalue weighted by Gasteiger charge is 2.41. The summed E-state index contributed by atoms with van der Waals surface area (Å²) in [4.78, 5) is 11.6. The van der Waals surface area contributed by atoms with Crippen molar-refractivity contribution in [3.05, 3.63) is 12.2 Å². The molecule has 0 aromatic rings. The van der Waals surface area contributed by atoms with Gasteiger partial charge in [-0.25, -0.2) is 4.79 Å². The van der Waals surface area contributed by atoms with E-state index in [-0.39, 0.29) is 17.7 Å². The molecule has 1 fully saturated rings. The van der Waals surface area contributed by atoms with Crippen LogP contribution >= 0.6 is 0 Å². The fourth-order valence-corrected chi connectivity index (χ4v) is 2.35. The molecule has 0 bridgehead atoms. The van der Waals surface area contributed by atoms with E-state index in [0.717, 1.165) is 32.1 Å². The van der Waals surface area contributed by atoms with Gasteiger partial charge in [0, 0.05) is 19.1 Å². The molecule has 3 heteroatoms. The summed E-state index contributed by atoms with van der Waals surface area (Å²) >= 11 is 0. The first kappa shape index (κ1) is 13.2. The second-order valence-corrected chi connectivity index (χ2v) is 4.70. The first-order valence-corrected chi connectivity index (χ1v) is 5.94. The summed E-state index contributed by atoms with van der Waals surface area (Å²) in [7, 11) is 1.72. The molecule has 0 aromatic heterocycles. The van der Waals surface area contributed by atoms with Gasteiger partial charge in [0.25, 0.3) is 0 Å². The fourth-order valence-electron chi connectivity index (χ4n) is 2.35. The van der Waals surface area contributed by atoms with Crippen molar-refractivity contribution in [1.29, 1.82) is 0 Å². The lowest BCUT2D eigenvalue weighted by Crippen LogP contribution is -2.33. The second kappa shape index (κ2) is 5.48. The zero-order valence-electron chi connectivity index (χ0n) is 10.5. The van der Waals surface area contributed by atoms with E-state index in [1.165, 1.54) is 0 Å². The maximum atomic E-state index is 11.6. The van der Waals surface area contributed by atoms with Gasteiger partial charge < -0.3 is 9.47 Å². The third-order valence-corrected chi connectivity index (χ3v) is 3.22. The molecule has 1 aliphatic rings. The predicted molar refractivity (Wildman–Crippen MR) is 63.2 cm³/mol. The Morgan fingerprint density at radius 3 is 2.69 bits per heavy atom. The minimum absolute atomic E-state index is 0.226. The third-order valence-electron chi connectivity index (χ3n) is 3.22. The first-order chi connectivity index (χ1) is 7.53. The Morgan fingerprint density at radius 1 is 1.56 bits per heavy atom. The highest BCUT2D eigenvalue weighted by atomic mass is 16.6. The minimum Gasteiger partial charge on any atom is -0.456 e. The Kier molecular flexibility index (Phi) is 4.54. The van der Waals surface area contributed by atoms with Crippen LogP contribution < -0.4 is 0 Å². The monoisotopic (exact) mass is 226 g/mol. The van der Waals surface area contributed by atoms with Crippen LogP contribution in [-0.4, -0.2) is 24.8 Å². The Labute approximate surface area is 97.8 Å². The largest absolute Gasteiger partial charge is 0.456 e. The van der Waals surface area contributed by atoms with Gasteiger partial charge in [-0.15, -0.1) is 0 Å². The van der Waals surface area contributed by atoms with Crippen molar-refractivity contribution in [3.8, 4) is 0 Å². The van der Waals surface area contributed by atoms with Crippen LogP contribution in [0.15, 0.2) is 12.2 Å². The smallest absolute Gasteiger partial charge is 0.333 e. The molecule has 0 radical (unpaired) electrons. The van der Waals surface area contributed by atoms with Gasteiger partial charge in [-0.05, 0) is 26.2 Å². The van der Waals surface area contributed by atoms with E-state index in [2.05, 4.69) is 13.5 Å². The summed E-state index contributed by atoms with van der Waals surface area (Å²) in [6.07, 6.45) is 4.84. The van der Waals surface area contributed by atoms with Gasteiger partial charge in [-0.3, -0.25) is 0 Å². The number of hydrogen-bond acceptors (Lipinski definition) is 3. The van der Waals surface area contributed by atoms with Crippen LogP contribution in [0.4, 0.5) is 0 Å². The van der Waals surface area contributed by atoms with Crippen molar-refractivity contribution in [3.63, 3.8) is 0 Å². The number of methoxy groups -OCH3 is 1. The highest BCUT2D eigenvalue weighted by molar-refractivity contribution is 5.87. The van der Waals surface area contributed by atoms with E-state index in [1.54, 1.807) is 14.0 Å². The summed E-state index contributed by atoms with van der Waals surface area (Å²) in [6, 6.07) is 0. The van der Waals surface area contributed by atoms with Gasteiger partial charge in [0.2, 0.25) is 0 Å². The average molecular weight is 226 g/mol. The molecule has 0 aliphatic heterocycles. The van der Waals surface area contributed by atoms with Crippen LogP contribution in [0, 0.1) is 0 Å². The SMILES string of the molecule is C=C(C)C(=O)OC1(CCC)CCC(OC)C1. The second-order valence-electron chi connectivity index (χ2n) is 4.70. The molecular formula is C13H22O3. The normalized spacial score (nSPS) is 29.1. The summed E-state index contributed by atoms with van der Waals surface area (Å²) in [5.41, 5.74) is 0.155. The van der Waals surface area contributed by atoms with Crippen LogP contribution in [0.1, 0.15) is 46.0 Å². The van der Waals surface area contributed by atoms with Crippen molar-refractivity contribution in [2.45, 2.75) is 57.7 Å². The van der Waals surface area contributed by atoms with Crippen molar-refractivity contribution >= 4 is 5.97 Å². The molecule has 0 heterocycles. The predicted octanol–water partition coefficient (Wildman–Crippen LogP) is 2.84. The minimum atomic E-state index is -0.314. The van der Waals surface area contributed by atoms with Gasteiger partial charge >= 0.3 is 5.97 Å². The number of esters is 1. The lowest BCUT2D eigenvalue weighted by atomic mass is 9.95. The van der Waals surface area contributed by atoms with E-state index in [0.29, 0.717) is 5.57 Å². The molecule has 92 valence electrons. The summed E-state index contributed by atoms with van der Waals surface area (Å²) in [5, 5.41) is 0. The number of rotatable bonds is 5. The molecule has 3 nitrogen and oxygen atoms in total. The maximum absolute atomic E-state index is 11.6. The molecule has 0 saturated heterocycles. The first-order valence-electron chi connectivity index (χ1n) is 5.94. The van der Waals surface area contributed by atoms with Gasteiger partial charge in [0.05, 0.1) is 6.10 Å². The van der Waals surface area contributed by atoms with Crippen molar-refractivity contribution in [1.82, 2.24) is 0 Å². The average Bonchev–Trinajstić information content (AvgIpc) is 2.62. The quantitative estimate of drug-likeness (QED) is 0.534. The summed E-state index contributed by atoms with van der Waals surface area (Å²) in [5.74, 6) is -0.273. The lowest BCUT2D eigenvalue weighted by Gasteiger charge is -2.29. The Morgan fingerprint density at radius 2 is 2.25 bits per heavy atom. The molecule has 1 rings (SSSR count). The van der Waals surface area contributed by atoms with Crippen LogP contribution in [0.3, 0.4) is 0 Å². The van der Waals surface area contributed by atoms with Gasteiger partial charge in [0.15, 0.2) is 0 Å².